The highest BCUT2D eigenvalue weighted by Gasteiger charge is 2.47. The van der Waals surface area contributed by atoms with Crippen LogP contribution in [0.3, 0.4) is 0 Å². The fourth-order valence-electron chi connectivity index (χ4n) is 2.02. The van der Waals surface area contributed by atoms with Crippen molar-refractivity contribution in [1.82, 2.24) is 4.90 Å². The Balaban J connectivity index is 2.88. The zero-order valence-electron chi connectivity index (χ0n) is 9.33. The second-order valence-electron chi connectivity index (χ2n) is 4.16. The van der Waals surface area contributed by atoms with Crippen molar-refractivity contribution in [3.63, 3.8) is 0 Å². The number of halogens is 3. The molecule has 0 aromatic carbocycles. The minimum Gasteiger partial charge on any atom is -0.480 e. The van der Waals surface area contributed by atoms with Crippen LogP contribution in [0, 0.1) is 5.92 Å². The van der Waals surface area contributed by atoms with E-state index in [1.165, 1.54) is 0 Å². The number of nitrogens with zero attached hydrogens (tertiary/aromatic N) is 1. The molecule has 98 valence electrons. The fourth-order valence-corrected chi connectivity index (χ4v) is 2.02. The summed E-state index contributed by atoms with van der Waals surface area (Å²) in [4.78, 5) is 22.4. The minimum absolute atomic E-state index is 0.0584. The molecule has 0 saturated carbocycles. The fraction of sp³-hybridized carbons (Fsp3) is 0.800. The summed E-state index contributed by atoms with van der Waals surface area (Å²) in [7, 11) is 0. The van der Waals surface area contributed by atoms with Gasteiger partial charge in [0.1, 0.15) is 6.04 Å². The standard InChI is InChI=1S/C10H14F3NO3/c1-2-6-3-4-7(8(15)16)14(5-6)9(17)10(11,12)13/h6-7H,2-5H2,1H3,(H,15,16). The molecule has 2 atom stereocenters. The van der Waals surface area contributed by atoms with Crippen molar-refractivity contribution in [3.05, 3.63) is 0 Å². The topological polar surface area (TPSA) is 57.6 Å². The Morgan fingerprint density at radius 3 is 2.35 bits per heavy atom. The van der Waals surface area contributed by atoms with Crippen molar-refractivity contribution in [2.45, 2.75) is 38.4 Å². The molecule has 0 aliphatic carbocycles. The number of rotatable bonds is 2. The van der Waals surface area contributed by atoms with E-state index in [0.717, 1.165) is 0 Å². The van der Waals surface area contributed by atoms with E-state index in [1.54, 1.807) is 0 Å². The van der Waals surface area contributed by atoms with Crippen LogP contribution in [0.25, 0.3) is 0 Å². The zero-order chi connectivity index (χ0) is 13.2. The average Bonchev–Trinajstić information content (AvgIpc) is 2.25. The highest BCUT2D eigenvalue weighted by Crippen LogP contribution is 2.28. The van der Waals surface area contributed by atoms with Gasteiger partial charge in [0.2, 0.25) is 0 Å². The molecular formula is C10H14F3NO3. The number of hydrogen-bond acceptors (Lipinski definition) is 2. The van der Waals surface area contributed by atoms with Gasteiger partial charge in [-0.2, -0.15) is 13.2 Å². The lowest BCUT2D eigenvalue weighted by Gasteiger charge is -2.37. The van der Waals surface area contributed by atoms with Gasteiger partial charge in [0, 0.05) is 6.54 Å². The maximum atomic E-state index is 12.3. The van der Waals surface area contributed by atoms with Gasteiger partial charge >= 0.3 is 18.1 Å². The smallest absolute Gasteiger partial charge is 0.471 e. The first-order chi connectivity index (χ1) is 7.77. The first-order valence-corrected chi connectivity index (χ1v) is 5.38. The van der Waals surface area contributed by atoms with E-state index in [9.17, 15) is 22.8 Å². The van der Waals surface area contributed by atoms with Crippen LogP contribution in [0.1, 0.15) is 26.2 Å². The summed E-state index contributed by atoms with van der Waals surface area (Å²) >= 11 is 0. The van der Waals surface area contributed by atoms with E-state index in [4.69, 9.17) is 5.11 Å². The molecule has 1 aliphatic rings. The zero-order valence-corrected chi connectivity index (χ0v) is 9.33. The Hall–Kier alpha value is -1.27. The van der Waals surface area contributed by atoms with Crippen LogP contribution in [0.4, 0.5) is 13.2 Å². The van der Waals surface area contributed by atoms with E-state index in [1.807, 2.05) is 6.92 Å². The Morgan fingerprint density at radius 2 is 1.94 bits per heavy atom. The second kappa shape index (κ2) is 4.93. The molecule has 1 N–H and O–H groups in total. The largest absolute Gasteiger partial charge is 0.480 e. The molecule has 2 unspecified atom stereocenters. The number of aliphatic carboxylic acids is 1. The lowest BCUT2D eigenvalue weighted by Crippen LogP contribution is -2.54. The van der Waals surface area contributed by atoms with Crippen LogP contribution >= 0.6 is 0 Å². The van der Waals surface area contributed by atoms with Crippen LogP contribution < -0.4 is 0 Å². The van der Waals surface area contributed by atoms with Gasteiger partial charge in [-0.3, -0.25) is 4.79 Å². The predicted molar refractivity (Wildman–Crippen MR) is 52.2 cm³/mol. The molecule has 1 rings (SSSR count). The lowest BCUT2D eigenvalue weighted by atomic mass is 9.91. The molecule has 17 heavy (non-hydrogen) atoms. The number of hydrogen-bond donors (Lipinski definition) is 1. The first-order valence-electron chi connectivity index (χ1n) is 5.38. The number of amides is 1. The Bertz CT molecular complexity index is 316. The molecule has 7 heteroatoms. The van der Waals surface area contributed by atoms with Gasteiger partial charge < -0.3 is 10.0 Å². The van der Waals surface area contributed by atoms with Crippen molar-refractivity contribution < 1.29 is 27.9 Å². The summed E-state index contributed by atoms with van der Waals surface area (Å²) in [6.07, 6.45) is -3.76. The molecule has 1 heterocycles. The Kier molecular flexibility index (Phi) is 4.00. The Morgan fingerprint density at radius 1 is 1.35 bits per heavy atom. The molecule has 1 fully saturated rings. The van der Waals surface area contributed by atoms with E-state index in [-0.39, 0.29) is 18.9 Å². The molecule has 1 saturated heterocycles. The maximum absolute atomic E-state index is 12.3. The first kappa shape index (κ1) is 13.8. The number of carbonyl (C=O) groups excluding carboxylic acids is 1. The SMILES string of the molecule is CCC1CCC(C(=O)O)N(C(=O)C(F)(F)F)C1. The highest BCUT2D eigenvalue weighted by atomic mass is 19.4. The van der Waals surface area contributed by atoms with Crippen LogP contribution in [0.5, 0.6) is 0 Å². The summed E-state index contributed by atoms with van der Waals surface area (Å²) in [5, 5.41) is 8.82. The predicted octanol–water partition coefficient (Wildman–Crippen LogP) is 1.65. The molecule has 0 aromatic rings. The third kappa shape index (κ3) is 3.10. The van der Waals surface area contributed by atoms with Crippen molar-refractivity contribution in [2.24, 2.45) is 5.92 Å². The van der Waals surface area contributed by atoms with Crippen LogP contribution in [-0.2, 0) is 9.59 Å². The molecule has 4 nitrogen and oxygen atoms in total. The van der Waals surface area contributed by atoms with Crippen LogP contribution in [-0.4, -0.2) is 40.6 Å². The van der Waals surface area contributed by atoms with Gasteiger partial charge in [-0.15, -0.1) is 0 Å². The third-order valence-electron chi connectivity index (χ3n) is 3.05. The number of carbonyl (C=O) groups is 2. The molecule has 0 aromatic heterocycles. The third-order valence-corrected chi connectivity index (χ3v) is 3.05. The summed E-state index contributed by atoms with van der Waals surface area (Å²) in [6.45, 7) is 1.67. The van der Waals surface area contributed by atoms with Crippen LogP contribution in [0.2, 0.25) is 0 Å². The van der Waals surface area contributed by atoms with E-state index in [2.05, 4.69) is 0 Å². The molecule has 0 spiro atoms. The van der Waals surface area contributed by atoms with Crippen molar-refractivity contribution in [3.8, 4) is 0 Å². The average molecular weight is 253 g/mol. The molecule has 1 amide bonds. The second-order valence-corrected chi connectivity index (χ2v) is 4.16. The number of carboxylic acids is 1. The van der Waals surface area contributed by atoms with Gasteiger partial charge in [-0.1, -0.05) is 13.3 Å². The summed E-state index contributed by atoms with van der Waals surface area (Å²) in [5.41, 5.74) is 0. The van der Waals surface area contributed by atoms with Crippen molar-refractivity contribution in [2.75, 3.05) is 6.54 Å². The monoisotopic (exact) mass is 253 g/mol. The molecular weight excluding hydrogens is 239 g/mol. The summed E-state index contributed by atoms with van der Waals surface area (Å²) in [6, 6.07) is -1.35. The van der Waals surface area contributed by atoms with Gasteiger partial charge in [0.05, 0.1) is 0 Å². The van der Waals surface area contributed by atoms with E-state index in [0.29, 0.717) is 17.7 Å². The van der Waals surface area contributed by atoms with Crippen molar-refractivity contribution in [1.29, 1.82) is 0 Å². The minimum atomic E-state index is -5.01. The molecule has 1 aliphatic heterocycles. The number of carboxylic acid groups (broad SMARTS) is 1. The maximum Gasteiger partial charge on any atom is 0.471 e. The quantitative estimate of drug-likeness (QED) is 0.814. The lowest BCUT2D eigenvalue weighted by molar-refractivity contribution is -0.192. The van der Waals surface area contributed by atoms with Crippen LogP contribution in [0.15, 0.2) is 0 Å². The Labute approximate surface area is 96.4 Å². The van der Waals surface area contributed by atoms with E-state index < -0.39 is 24.1 Å². The normalized spacial score (nSPS) is 25.8. The van der Waals surface area contributed by atoms with E-state index >= 15 is 0 Å². The van der Waals surface area contributed by atoms with Crippen molar-refractivity contribution >= 4 is 11.9 Å². The summed E-state index contributed by atoms with van der Waals surface area (Å²) in [5.74, 6) is -3.49. The number of alkyl halides is 3. The summed E-state index contributed by atoms with van der Waals surface area (Å²) < 4.78 is 37.0. The molecule has 0 radical (unpaired) electrons. The van der Waals surface area contributed by atoms with Gasteiger partial charge in [0.25, 0.3) is 0 Å². The highest BCUT2D eigenvalue weighted by molar-refractivity contribution is 5.87. The number of piperidine rings is 1. The molecule has 0 bridgehead atoms. The number of likely N-dealkylation sites (tertiary alicyclic amines) is 1. The van der Waals surface area contributed by atoms with Gasteiger partial charge in [-0.05, 0) is 18.8 Å². The van der Waals surface area contributed by atoms with Gasteiger partial charge in [-0.25, -0.2) is 4.79 Å². The van der Waals surface area contributed by atoms with Gasteiger partial charge in [0.15, 0.2) is 0 Å².